The molecule has 1 aliphatic rings. The molecule has 25 heavy (non-hydrogen) atoms. The van der Waals surface area contributed by atoms with Crippen molar-refractivity contribution in [1.82, 2.24) is 10.4 Å². The van der Waals surface area contributed by atoms with Crippen LogP contribution >= 0.6 is 0 Å². The van der Waals surface area contributed by atoms with E-state index in [0.29, 0.717) is 11.5 Å². The number of hydrogen-bond acceptors (Lipinski definition) is 4. The Bertz CT molecular complexity index is 685. The summed E-state index contributed by atoms with van der Waals surface area (Å²) in [5, 5.41) is 0. The number of aromatic nitrogens is 1. The van der Waals surface area contributed by atoms with Crippen molar-refractivity contribution < 1.29 is 4.39 Å². The van der Waals surface area contributed by atoms with Gasteiger partial charge >= 0.3 is 0 Å². The number of aliphatic imine (C=N–C) groups is 1. The molecule has 2 rings (SSSR count). The van der Waals surface area contributed by atoms with Gasteiger partial charge in [-0.15, -0.1) is 0 Å². The Hall–Kier alpha value is -2.01. The number of pyridine rings is 1. The smallest absolute Gasteiger partial charge is 0.124 e. The molecule has 0 aliphatic heterocycles. The van der Waals surface area contributed by atoms with Crippen molar-refractivity contribution in [3.05, 3.63) is 41.4 Å². The molecule has 0 amide bonds. The topological polar surface area (TPSA) is 63.3 Å². The number of hydrazine groups is 1. The summed E-state index contributed by atoms with van der Waals surface area (Å²) in [5.74, 6) is 6.32. The molecule has 4 nitrogen and oxygen atoms in total. The van der Waals surface area contributed by atoms with Crippen LogP contribution in [-0.2, 0) is 0 Å². The molecule has 1 atom stereocenters. The van der Waals surface area contributed by atoms with Crippen LogP contribution in [-0.4, -0.2) is 10.7 Å². The van der Waals surface area contributed by atoms with Crippen LogP contribution in [0, 0.1) is 5.92 Å². The van der Waals surface area contributed by atoms with Gasteiger partial charge in [0.25, 0.3) is 0 Å². The standard InChI is InChI=1S/C20H29FN4/c1-5-7-19(25-22)20-18(10-17(12-24-20)13(3)21)15(6-2)11-23-14(4)16-8-9-16/h7,10-13,16,25H,5-6,8-9,22H2,1-4H3/b15-11+,19-7-,23-14?. The predicted molar refractivity (Wildman–Crippen MR) is 103 cm³/mol. The minimum Gasteiger partial charge on any atom is -0.322 e. The first kappa shape index (κ1) is 19.3. The summed E-state index contributed by atoms with van der Waals surface area (Å²) in [6.07, 6.45) is 8.46. The van der Waals surface area contributed by atoms with E-state index in [-0.39, 0.29) is 0 Å². The zero-order valence-electron chi connectivity index (χ0n) is 15.6. The predicted octanol–water partition coefficient (Wildman–Crippen LogP) is 4.95. The molecule has 1 heterocycles. The summed E-state index contributed by atoms with van der Waals surface area (Å²) in [6, 6.07) is 1.87. The average Bonchev–Trinajstić information content (AvgIpc) is 3.45. The van der Waals surface area contributed by atoms with Crippen molar-refractivity contribution in [2.75, 3.05) is 0 Å². The van der Waals surface area contributed by atoms with Gasteiger partial charge in [-0.25, -0.2) is 4.39 Å². The fraction of sp³-hybridized carbons (Fsp3) is 0.500. The van der Waals surface area contributed by atoms with Crippen LogP contribution in [0.3, 0.4) is 0 Å². The maximum atomic E-state index is 13.8. The number of nitrogens with one attached hydrogen (secondary N) is 1. The lowest BCUT2D eigenvalue weighted by Gasteiger charge is -2.15. The Morgan fingerprint density at radius 1 is 1.48 bits per heavy atom. The monoisotopic (exact) mass is 344 g/mol. The SMILES string of the molecule is CC/C=C(\NN)c1ncc(C(C)F)cc1/C(=C/N=C(C)C1CC1)CC. The number of nitrogens with two attached hydrogens (primary N) is 1. The lowest BCUT2D eigenvalue weighted by molar-refractivity contribution is 0.373. The van der Waals surface area contributed by atoms with E-state index in [1.165, 1.54) is 19.8 Å². The molecule has 1 fully saturated rings. The van der Waals surface area contributed by atoms with Crippen LogP contribution in [0.1, 0.15) is 76.4 Å². The Morgan fingerprint density at radius 3 is 2.72 bits per heavy atom. The largest absolute Gasteiger partial charge is 0.322 e. The number of hydrogen-bond donors (Lipinski definition) is 2. The van der Waals surface area contributed by atoms with Gasteiger partial charge in [0, 0.05) is 29.2 Å². The molecule has 1 aromatic heterocycles. The van der Waals surface area contributed by atoms with Crippen LogP contribution in [0.2, 0.25) is 0 Å². The van der Waals surface area contributed by atoms with Crippen molar-refractivity contribution in [2.24, 2.45) is 16.8 Å². The first-order chi connectivity index (χ1) is 12.0. The molecule has 3 N–H and O–H groups in total. The van der Waals surface area contributed by atoms with Gasteiger partial charge in [-0.1, -0.05) is 19.9 Å². The lowest BCUT2D eigenvalue weighted by atomic mass is 9.98. The number of nitrogens with zero attached hydrogens (tertiary/aromatic N) is 2. The number of allylic oxidation sites excluding steroid dienone is 2. The Kier molecular flexibility index (Phi) is 6.88. The number of alkyl halides is 1. The third-order valence-electron chi connectivity index (χ3n) is 4.51. The molecule has 136 valence electrons. The van der Waals surface area contributed by atoms with E-state index in [1.807, 2.05) is 25.3 Å². The zero-order chi connectivity index (χ0) is 18.4. The number of rotatable bonds is 8. The highest BCUT2D eigenvalue weighted by Crippen LogP contribution is 2.32. The second-order valence-corrected chi connectivity index (χ2v) is 6.50. The molecular weight excluding hydrogens is 315 g/mol. The molecule has 0 aromatic carbocycles. The lowest BCUT2D eigenvalue weighted by Crippen LogP contribution is -2.21. The van der Waals surface area contributed by atoms with E-state index in [9.17, 15) is 4.39 Å². The van der Waals surface area contributed by atoms with Gasteiger partial charge in [-0.2, -0.15) is 0 Å². The summed E-state index contributed by atoms with van der Waals surface area (Å²) in [7, 11) is 0. The molecule has 1 aliphatic carbocycles. The molecule has 1 unspecified atom stereocenters. The first-order valence-corrected chi connectivity index (χ1v) is 9.06. The molecule has 0 radical (unpaired) electrons. The Balaban J connectivity index is 2.53. The van der Waals surface area contributed by atoms with E-state index in [2.05, 4.69) is 29.2 Å². The van der Waals surface area contributed by atoms with Gasteiger partial charge in [0.2, 0.25) is 0 Å². The molecule has 5 heteroatoms. The van der Waals surface area contributed by atoms with Crippen molar-refractivity contribution in [2.45, 2.75) is 59.5 Å². The minimum atomic E-state index is -1.07. The Morgan fingerprint density at radius 2 is 2.20 bits per heavy atom. The third-order valence-corrected chi connectivity index (χ3v) is 4.51. The van der Waals surface area contributed by atoms with Crippen molar-refractivity contribution in [1.29, 1.82) is 0 Å². The maximum absolute atomic E-state index is 13.8. The molecule has 0 saturated heterocycles. The van der Waals surface area contributed by atoms with Crippen LogP contribution in [0.15, 0.2) is 29.5 Å². The van der Waals surface area contributed by atoms with Gasteiger partial charge < -0.3 is 5.43 Å². The van der Waals surface area contributed by atoms with E-state index in [0.717, 1.165) is 41.1 Å². The van der Waals surface area contributed by atoms with Gasteiger partial charge in [0.1, 0.15) is 6.17 Å². The summed E-state index contributed by atoms with van der Waals surface area (Å²) >= 11 is 0. The molecule has 0 bridgehead atoms. The van der Waals surface area contributed by atoms with Gasteiger partial charge in [0.15, 0.2) is 0 Å². The highest BCUT2D eigenvalue weighted by molar-refractivity contribution is 5.88. The number of halogens is 1. The summed E-state index contributed by atoms with van der Waals surface area (Å²) < 4.78 is 13.8. The van der Waals surface area contributed by atoms with Crippen LogP contribution < -0.4 is 11.3 Å². The molecule has 1 saturated carbocycles. The second-order valence-electron chi connectivity index (χ2n) is 6.50. The third kappa shape index (κ3) is 4.98. The van der Waals surface area contributed by atoms with E-state index in [4.69, 9.17) is 5.84 Å². The quantitative estimate of drug-likeness (QED) is 0.398. The maximum Gasteiger partial charge on any atom is 0.124 e. The van der Waals surface area contributed by atoms with E-state index in [1.54, 1.807) is 6.20 Å². The van der Waals surface area contributed by atoms with E-state index >= 15 is 0 Å². The fourth-order valence-electron chi connectivity index (χ4n) is 2.72. The van der Waals surface area contributed by atoms with Gasteiger partial charge in [0.05, 0.1) is 11.4 Å². The molecule has 1 aromatic rings. The van der Waals surface area contributed by atoms with Gasteiger partial charge in [-0.3, -0.25) is 15.8 Å². The normalized spacial score (nSPS) is 17.6. The summed E-state index contributed by atoms with van der Waals surface area (Å²) in [6.45, 7) is 7.71. The van der Waals surface area contributed by atoms with Crippen molar-refractivity contribution >= 4 is 17.0 Å². The first-order valence-electron chi connectivity index (χ1n) is 9.06. The highest BCUT2D eigenvalue weighted by Gasteiger charge is 2.24. The van der Waals surface area contributed by atoms with Gasteiger partial charge in [-0.05, 0) is 57.1 Å². The summed E-state index contributed by atoms with van der Waals surface area (Å²) in [4.78, 5) is 9.14. The second kappa shape index (κ2) is 8.90. The Labute approximate surface area is 150 Å². The van der Waals surface area contributed by atoms with Crippen LogP contribution in [0.25, 0.3) is 11.3 Å². The fourth-order valence-corrected chi connectivity index (χ4v) is 2.72. The average molecular weight is 344 g/mol. The minimum absolute atomic E-state index is 0.564. The summed E-state index contributed by atoms with van der Waals surface area (Å²) in [5.41, 5.74) is 7.85. The van der Waals surface area contributed by atoms with Crippen LogP contribution in [0.5, 0.6) is 0 Å². The zero-order valence-corrected chi connectivity index (χ0v) is 15.6. The van der Waals surface area contributed by atoms with E-state index < -0.39 is 6.17 Å². The highest BCUT2D eigenvalue weighted by atomic mass is 19.1. The van der Waals surface area contributed by atoms with Crippen LogP contribution in [0.4, 0.5) is 4.39 Å². The van der Waals surface area contributed by atoms with Crippen molar-refractivity contribution in [3.8, 4) is 0 Å². The molecule has 0 spiro atoms. The van der Waals surface area contributed by atoms with Crippen molar-refractivity contribution in [3.63, 3.8) is 0 Å². The molecular formula is C20H29FN4.